The van der Waals surface area contributed by atoms with Gasteiger partial charge in [0.1, 0.15) is 0 Å². The third-order valence-corrected chi connectivity index (χ3v) is 2.51. The molecule has 3 N–H and O–H groups in total. The van der Waals surface area contributed by atoms with Crippen LogP contribution in [0.5, 0.6) is 0 Å². The summed E-state index contributed by atoms with van der Waals surface area (Å²) in [4.78, 5) is 10.4. The summed E-state index contributed by atoms with van der Waals surface area (Å²) in [6.07, 6.45) is 2.64. The molecule has 0 heterocycles. The van der Waals surface area contributed by atoms with Crippen LogP contribution in [0.1, 0.15) is 12.0 Å². The van der Waals surface area contributed by atoms with E-state index in [9.17, 15) is 4.79 Å². The molecule has 15 heavy (non-hydrogen) atoms. The minimum absolute atomic E-state index is 0.510. The van der Waals surface area contributed by atoms with Crippen molar-refractivity contribution in [2.75, 3.05) is 6.54 Å². The Labute approximate surface area is 98.5 Å². The zero-order chi connectivity index (χ0) is 11.3. The maximum absolute atomic E-state index is 10.4. The number of benzene rings is 1. The molecular weight excluding hydrogens is 235 g/mol. The van der Waals surface area contributed by atoms with Crippen LogP contribution in [0, 0.1) is 6.42 Å². The lowest BCUT2D eigenvalue weighted by atomic mass is 10.1. The van der Waals surface area contributed by atoms with Gasteiger partial charge in [0.25, 0.3) is 0 Å². The van der Waals surface area contributed by atoms with Crippen LogP contribution < -0.4 is 11.1 Å². The SMILES string of the molecule is NC(=O)NCC[CH]c1ccc(Cl)c(Cl)c1. The first kappa shape index (κ1) is 12.1. The van der Waals surface area contributed by atoms with Gasteiger partial charge in [-0.05, 0) is 30.5 Å². The highest BCUT2D eigenvalue weighted by atomic mass is 35.5. The van der Waals surface area contributed by atoms with Crippen LogP contribution in [0.15, 0.2) is 18.2 Å². The van der Waals surface area contributed by atoms with Crippen LogP contribution in [0.25, 0.3) is 0 Å². The number of hydrogen-bond donors (Lipinski definition) is 2. The van der Waals surface area contributed by atoms with Crippen molar-refractivity contribution in [3.63, 3.8) is 0 Å². The van der Waals surface area contributed by atoms with E-state index in [1.165, 1.54) is 0 Å². The predicted molar refractivity (Wildman–Crippen MR) is 62.1 cm³/mol. The Kier molecular flexibility index (Phi) is 4.72. The molecule has 3 nitrogen and oxygen atoms in total. The topological polar surface area (TPSA) is 55.1 Å². The van der Waals surface area contributed by atoms with Gasteiger partial charge in [-0.15, -0.1) is 0 Å². The lowest BCUT2D eigenvalue weighted by molar-refractivity contribution is 0.249. The molecule has 0 spiro atoms. The number of hydrogen-bond acceptors (Lipinski definition) is 1. The smallest absolute Gasteiger partial charge is 0.312 e. The van der Waals surface area contributed by atoms with Crippen molar-refractivity contribution in [3.05, 3.63) is 40.2 Å². The van der Waals surface area contributed by atoms with Crippen molar-refractivity contribution >= 4 is 29.2 Å². The van der Waals surface area contributed by atoms with Gasteiger partial charge in [0.2, 0.25) is 0 Å². The first-order valence-corrected chi connectivity index (χ1v) is 5.17. The largest absolute Gasteiger partial charge is 0.352 e. The third kappa shape index (κ3) is 4.40. The van der Waals surface area contributed by atoms with Crippen LogP contribution in [-0.4, -0.2) is 12.6 Å². The van der Waals surface area contributed by atoms with Crippen LogP contribution in [0.2, 0.25) is 10.0 Å². The fraction of sp³-hybridized carbons (Fsp3) is 0.200. The molecule has 1 aromatic carbocycles. The second kappa shape index (κ2) is 5.83. The zero-order valence-corrected chi connectivity index (χ0v) is 9.48. The Morgan fingerprint density at radius 1 is 1.40 bits per heavy atom. The van der Waals surface area contributed by atoms with E-state index in [2.05, 4.69) is 5.32 Å². The molecule has 0 bridgehead atoms. The van der Waals surface area contributed by atoms with E-state index in [1.807, 2.05) is 12.5 Å². The number of carbonyl (C=O) groups excluding carboxylic acids is 1. The molecule has 0 fully saturated rings. The normalized spacial score (nSPS) is 10.0. The number of carbonyl (C=O) groups is 1. The number of nitrogens with one attached hydrogen (secondary N) is 1. The molecule has 1 radical (unpaired) electrons. The first-order chi connectivity index (χ1) is 7.09. The average molecular weight is 246 g/mol. The number of rotatable bonds is 4. The Balaban J connectivity index is 2.38. The van der Waals surface area contributed by atoms with Crippen LogP contribution in [0.4, 0.5) is 4.79 Å². The van der Waals surface area contributed by atoms with Crippen LogP contribution in [0.3, 0.4) is 0 Å². The molecule has 0 saturated carbocycles. The molecule has 0 aliphatic rings. The first-order valence-electron chi connectivity index (χ1n) is 4.41. The van der Waals surface area contributed by atoms with Gasteiger partial charge < -0.3 is 11.1 Å². The van der Waals surface area contributed by atoms with E-state index in [0.29, 0.717) is 23.0 Å². The van der Waals surface area contributed by atoms with Crippen molar-refractivity contribution in [3.8, 4) is 0 Å². The summed E-state index contributed by atoms with van der Waals surface area (Å²) < 4.78 is 0. The maximum Gasteiger partial charge on any atom is 0.312 e. The Hall–Kier alpha value is -0.930. The number of amides is 2. The molecule has 0 aliphatic heterocycles. The van der Waals surface area contributed by atoms with Gasteiger partial charge >= 0.3 is 6.03 Å². The van der Waals surface area contributed by atoms with Gasteiger partial charge in [0.05, 0.1) is 10.0 Å². The van der Waals surface area contributed by atoms with E-state index in [0.717, 1.165) is 5.56 Å². The van der Waals surface area contributed by atoms with E-state index in [1.54, 1.807) is 12.1 Å². The van der Waals surface area contributed by atoms with Crippen LogP contribution in [-0.2, 0) is 0 Å². The van der Waals surface area contributed by atoms with Gasteiger partial charge in [0, 0.05) is 6.54 Å². The Bertz CT molecular complexity index is 355. The lowest BCUT2D eigenvalue weighted by Gasteiger charge is -2.03. The minimum Gasteiger partial charge on any atom is -0.352 e. The molecule has 2 amide bonds. The van der Waals surface area contributed by atoms with E-state index >= 15 is 0 Å². The van der Waals surface area contributed by atoms with Gasteiger partial charge in [0.15, 0.2) is 0 Å². The van der Waals surface area contributed by atoms with Crippen molar-refractivity contribution in [1.82, 2.24) is 5.32 Å². The van der Waals surface area contributed by atoms with E-state index in [4.69, 9.17) is 28.9 Å². The summed E-state index contributed by atoms with van der Waals surface area (Å²) in [6.45, 7) is 0.510. The second-order valence-electron chi connectivity index (χ2n) is 2.96. The molecule has 1 rings (SSSR count). The van der Waals surface area contributed by atoms with Crippen LogP contribution >= 0.6 is 23.2 Å². The number of halogens is 2. The Morgan fingerprint density at radius 2 is 2.13 bits per heavy atom. The third-order valence-electron chi connectivity index (χ3n) is 1.77. The predicted octanol–water partition coefficient (Wildman–Crippen LogP) is 2.60. The molecule has 0 aliphatic carbocycles. The van der Waals surface area contributed by atoms with Gasteiger partial charge in [-0.2, -0.15) is 0 Å². The van der Waals surface area contributed by atoms with E-state index in [-0.39, 0.29) is 0 Å². The molecule has 0 aromatic heterocycles. The fourth-order valence-corrected chi connectivity index (χ4v) is 1.38. The van der Waals surface area contributed by atoms with Crippen molar-refractivity contribution in [1.29, 1.82) is 0 Å². The lowest BCUT2D eigenvalue weighted by Crippen LogP contribution is -2.30. The summed E-state index contributed by atoms with van der Waals surface area (Å²) >= 11 is 11.6. The monoisotopic (exact) mass is 245 g/mol. The van der Waals surface area contributed by atoms with Gasteiger partial charge in [-0.3, -0.25) is 0 Å². The quantitative estimate of drug-likeness (QED) is 0.788. The molecule has 81 valence electrons. The second-order valence-corrected chi connectivity index (χ2v) is 3.77. The molecule has 5 heteroatoms. The number of primary amides is 1. The summed E-state index contributed by atoms with van der Waals surface area (Å²) in [7, 11) is 0. The highest BCUT2D eigenvalue weighted by Gasteiger charge is 2.00. The standard InChI is InChI=1S/C10H11Cl2N2O/c11-8-4-3-7(6-9(8)12)2-1-5-14-10(13)15/h2-4,6H,1,5H2,(H3,13,14,15). The Morgan fingerprint density at radius 3 is 2.73 bits per heavy atom. The van der Waals surface area contributed by atoms with E-state index < -0.39 is 6.03 Å². The maximum atomic E-state index is 10.4. The van der Waals surface area contributed by atoms with Crippen molar-refractivity contribution < 1.29 is 4.79 Å². The highest BCUT2D eigenvalue weighted by molar-refractivity contribution is 6.42. The molecule has 0 unspecified atom stereocenters. The molecule has 1 aromatic rings. The highest BCUT2D eigenvalue weighted by Crippen LogP contribution is 2.23. The number of urea groups is 1. The zero-order valence-electron chi connectivity index (χ0n) is 7.97. The van der Waals surface area contributed by atoms with Crippen molar-refractivity contribution in [2.45, 2.75) is 6.42 Å². The molecular formula is C10H11Cl2N2O. The molecule has 0 saturated heterocycles. The summed E-state index contributed by atoms with van der Waals surface area (Å²) in [6, 6.07) is 4.85. The van der Waals surface area contributed by atoms with Gasteiger partial charge in [-0.1, -0.05) is 29.3 Å². The van der Waals surface area contributed by atoms with Gasteiger partial charge in [-0.25, -0.2) is 4.79 Å². The average Bonchev–Trinajstić information content (AvgIpc) is 2.18. The summed E-state index contributed by atoms with van der Waals surface area (Å²) in [5.41, 5.74) is 5.88. The molecule has 0 atom stereocenters. The number of nitrogens with two attached hydrogens (primary N) is 1. The minimum atomic E-state index is -0.516. The fourth-order valence-electron chi connectivity index (χ4n) is 1.07. The summed E-state index contributed by atoms with van der Waals surface area (Å²) in [5, 5.41) is 3.54. The van der Waals surface area contributed by atoms with Crippen molar-refractivity contribution in [2.24, 2.45) is 5.73 Å². The summed E-state index contributed by atoms with van der Waals surface area (Å²) in [5.74, 6) is 0.